The molecular formula is C15H18FN3O2. The van der Waals surface area contributed by atoms with Crippen molar-refractivity contribution in [3.8, 4) is 11.6 Å². The number of anilines is 1. The number of benzene rings is 1. The number of rotatable bonds is 7. The molecule has 0 atom stereocenters. The van der Waals surface area contributed by atoms with Crippen LogP contribution in [0.2, 0.25) is 0 Å². The normalized spacial score (nSPS) is 10.4. The van der Waals surface area contributed by atoms with Crippen LogP contribution in [-0.4, -0.2) is 23.6 Å². The number of hydrogen-bond acceptors (Lipinski definition) is 5. The van der Waals surface area contributed by atoms with E-state index in [1.165, 1.54) is 12.1 Å². The first kappa shape index (κ1) is 15.2. The van der Waals surface area contributed by atoms with Gasteiger partial charge >= 0.3 is 0 Å². The Morgan fingerprint density at radius 2 is 2.10 bits per heavy atom. The summed E-state index contributed by atoms with van der Waals surface area (Å²) in [5, 5.41) is 3.17. The van der Waals surface area contributed by atoms with E-state index in [1.54, 1.807) is 25.3 Å². The maximum atomic E-state index is 13.2. The van der Waals surface area contributed by atoms with E-state index in [9.17, 15) is 4.39 Å². The highest BCUT2D eigenvalue weighted by Gasteiger charge is 2.07. The van der Waals surface area contributed by atoms with Crippen LogP contribution in [-0.2, 0) is 11.3 Å². The largest absolute Gasteiger partial charge is 0.439 e. The zero-order chi connectivity index (χ0) is 15.1. The van der Waals surface area contributed by atoms with Gasteiger partial charge in [0.05, 0.1) is 0 Å². The molecule has 0 aliphatic carbocycles. The van der Waals surface area contributed by atoms with Gasteiger partial charge in [-0.1, -0.05) is 13.0 Å². The Labute approximate surface area is 123 Å². The van der Waals surface area contributed by atoms with Crippen molar-refractivity contribution in [3.63, 3.8) is 0 Å². The topological polar surface area (TPSA) is 56.3 Å². The molecule has 5 nitrogen and oxygen atoms in total. The lowest BCUT2D eigenvalue weighted by atomic mass is 10.3. The summed E-state index contributed by atoms with van der Waals surface area (Å²) in [6.45, 7) is 3.14. The van der Waals surface area contributed by atoms with E-state index in [2.05, 4.69) is 22.2 Å². The number of nitrogens with one attached hydrogen (secondary N) is 1. The summed E-state index contributed by atoms with van der Waals surface area (Å²) in [5.41, 5.74) is 0. The Hall–Kier alpha value is -2.21. The monoisotopic (exact) mass is 291 g/mol. The Morgan fingerprint density at radius 1 is 1.24 bits per heavy atom. The molecule has 0 aliphatic rings. The van der Waals surface area contributed by atoms with Gasteiger partial charge in [-0.2, -0.15) is 4.98 Å². The van der Waals surface area contributed by atoms with Crippen LogP contribution >= 0.6 is 0 Å². The number of halogens is 1. The van der Waals surface area contributed by atoms with Crippen LogP contribution < -0.4 is 10.1 Å². The predicted octanol–water partition coefficient (Wildman–Crippen LogP) is 3.38. The van der Waals surface area contributed by atoms with Gasteiger partial charge in [0.2, 0.25) is 5.88 Å². The lowest BCUT2D eigenvalue weighted by Gasteiger charge is -2.10. The highest BCUT2D eigenvalue weighted by molar-refractivity contribution is 5.40. The first-order chi connectivity index (χ1) is 10.2. The average molecular weight is 291 g/mol. The zero-order valence-corrected chi connectivity index (χ0v) is 12.1. The minimum absolute atomic E-state index is 0.279. The molecule has 0 spiro atoms. The van der Waals surface area contributed by atoms with Gasteiger partial charge in [0.25, 0.3) is 0 Å². The fourth-order valence-electron chi connectivity index (χ4n) is 1.71. The third-order valence-corrected chi connectivity index (χ3v) is 2.60. The van der Waals surface area contributed by atoms with E-state index < -0.39 is 0 Å². The molecular weight excluding hydrogens is 273 g/mol. The van der Waals surface area contributed by atoms with Gasteiger partial charge in [-0.15, -0.1) is 0 Å². The van der Waals surface area contributed by atoms with Crippen LogP contribution in [0.25, 0.3) is 0 Å². The lowest BCUT2D eigenvalue weighted by molar-refractivity contribution is 0.177. The van der Waals surface area contributed by atoms with Crippen molar-refractivity contribution in [3.05, 3.63) is 42.0 Å². The Bertz CT molecular complexity index is 593. The summed E-state index contributed by atoms with van der Waals surface area (Å²) in [4.78, 5) is 8.55. The number of nitrogens with zero attached hydrogens (tertiary/aromatic N) is 2. The molecule has 0 fully saturated rings. The number of methoxy groups -OCH3 is 1. The third kappa shape index (κ3) is 4.68. The molecule has 1 aromatic heterocycles. The van der Waals surface area contributed by atoms with E-state index in [4.69, 9.17) is 9.47 Å². The summed E-state index contributed by atoms with van der Waals surface area (Å²) in [5.74, 6) is 1.54. The van der Waals surface area contributed by atoms with Crippen LogP contribution in [0.4, 0.5) is 10.2 Å². The standard InChI is InChI=1S/C15H18FN3O2/c1-3-7-17-13-9-15(19-14(18-13)10-20-2)21-12-6-4-5-11(16)8-12/h4-6,8-9H,3,7,10H2,1-2H3,(H,17,18,19). The summed E-state index contributed by atoms with van der Waals surface area (Å²) >= 11 is 0. The molecule has 0 aliphatic heterocycles. The Morgan fingerprint density at radius 3 is 2.81 bits per heavy atom. The van der Waals surface area contributed by atoms with Gasteiger partial charge in [-0.25, -0.2) is 9.37 Å². The molecule has 0 saturated heterocycles. The first-order valence-corrected chi connectivity index (χ1v) is 6.75. The van der Waals surface area contributed by atoms with Crippen molar-refractivity contribution in [1.82, 2.24) is 9.97 Å². The minimum Gasteiger partial charge on any atom is -0.439 e. The molecule has 2 aromatic rings. The SMILES string of the molecule is CCCNc1cc(Oc2cccc(F)c2)nc(COC)n1. The van der Waals surface area contributed by atoms with E-state index in [0.29, 0.717) is 23.3 Å². The molecule has 0 radical (unpaired) electrons. The summed E-state index contributed by atoms with van der Waals surface area (Å²) in [6, 6.07) is 7.59. The van der Waals surface area contributed by atoms with Crippen molar-refractivity contribution in [2.45, 2.75) is 20.0 Å². The van der Waals surface area contributed by atoms with Crippen LogP contribution in [0.3, 0.4) is 0 Å². The summed E-state index contributed by atoms with van der Waals surface area (Å²) in [6.07, 6.45) is 0.976. The second-order valence-corrected chi connectivity index (χ2v) is 4.43. The molecule has 1 heterocycles. The smallest absolute Gasteiger partial charge is 0.224 e. The molecule has 21 heavy (non-hydrogen) atoms. The van der Waals surface area contributed by atoms with Crippen LogP contribution in [0, 0.1) is 5.82 Å². The van der Waals surface area contributed by atoms with E-state index in [0.717, 1.165) is 13.0 Å². The molecule has 0 saturated carbocycles. The molecule has 1 N–H and O–H groups in total. The Kier molecular flexibility index (Phi) is 5.45. The lowest BCUT2D eigenvalue weighted by Crippen LogP contribution is -2.06. The molecule has 0 bridgehead atoms. The van der Waals surface area contributed by atoms with Gasteiger partial charge in [0, 0.05) is 25.8 Å². The molecule has 1 aromatic carbocycles. The Balaban J connectivity index is 2.22. The maximum absolute atomic E-state index is 13.2. The number of ether oxygens (including phenoxy) is 2. The van der Waals surface area contributed by atoms with Crippen molar-refractivity contribution in [1.29, 1.82) is 0 Å². The van der Waals surface area contributed by atoms with Gasteiger partial charge in [0.1, 0.15) is 24.0 Å². The summed E-state index contributed by atoms with van der Waals surface area (Å²) in [7, 11) is 1.57. The third-order valence-electron chi connectivity index (χ3n) is 2.60. The fourth-order valence-corrected chi connectivity index (χ4v) is 1.71. The van der Waals surface area contributed by atoms with Gasteiger partial charge in [0.15, 0.2) is 5.82 Å². The van der Waals surface area contributed by atoms with Gasteiger partial charge < -0.3 is 14.8 Å². The molecule has 0 amide bonds. The molecule has 0 unspecified atom stereocenters. The average Bonchev–Trinajstić information content (AvgIpc) is 2.45. The van der Waals surface area contributed by atoms with Gasteiger partial charge in [-0.3, -0.25) is 0 Å². The van der Waals surface area contributed by atoms with Crippen LogP contribution in [0.15, 0.2) is 30.3 Å². The van der Waals surface area contributed by atoms with E-state index in [-0.39, 0.29) is 12.4 Å². The molecule has 6 heteroatoms. The van der Waals surface area contributed by atoms with Crippen molar-refractivity contribution in [2.24, 2.45) is 0 Å². The van der Waals surface area contributed by atoms with Crippen molar-refractivity contribution < 1.29 is 13.9 Å². The second-order valence-electron chi connectivity index (χ2n) is 4.43. The predicted molar refractivity (Wildman–Crippen MR) is 78.0 cm³/mol. The first-order valence-electron chi connectivity index (χ1n) is 6.75. The zero-order valence-electron chi connectivity index (χ0n) is 12.1. The van der Waals surface area contributed by atoms with Crippen molar-refractivity contribution >= 4 is 5.82 Å². The van der Waals surface area contributed by atoms with Gasteiger partial charge in [-0.05, 0) is 18.6 Å². The molecule has 112 valence electrons. The fraction of sp³-hybridized carbons (Fsp3) is 0.333. The van der Waals surface area contributed by atoms with E-state index in [1.807, 2.05) is 0 Å². The molecule has 2 rings (SSSR count). The summed E-state index contributed by atoms with van der Waals surface area (Å²) < 4.78 is 23.8. The van der Waals surface area contributed by atoms with Crippen LogP contribution in [0.1, 0.15) is 19.2 Å². The quantitative estimate of drug-likeness (QED) is 0.847. The second kappa shape index (κ2) is 7.54. The van der Waals surface area contributed by atoms with Crippen molar-refractivity contribution in [2.75, 3.05) is 19.0 Å². The van der Waals surface area contributed by atoms with Crippen LogP contribution in [0.5, 0.6) is 11.6 Å². The minimum atomic E-state index is -0.358. The number of hydrogen-bond donors (Lipinski definition) is 1. The maximum Gasteiger partial charge on any atom is 0.224 e. The highest BCUT2D eigenvalue weighted by atomic mass is 19.1. The van der Waals surface area contributed by atoms with E-state index >= 15 is 0 Å². The number of aromatic nitrogens is 2. The highest BCUT2D eigenvalue weighted by Crippen LogP contribution is 2.22.